The van der Waals surface area contributed by atoms with Gasteiger partial charge >= 0.3 is 0 Å². The van der Waals surface area contributed by atoms with Crippen molar-refractivity contribution >= 4 is 17.3 Å². The molecule has 5 heteroatoms. The molecule has 1 aliphatic rings. The summed E-state index contributed by atoms with van der Waals surface area (Å²) in [5.41, 5.74) is 1.54. The number of aliphatic imine (C=N–C) groups is 1. The van der Waals surface area contributed by atoms with E-state index in [1.54, 1.807) is 11.3 Å². The zero-order valence-electron chi connectivity index (χ0n) is 11.8. The topological polar surface area (TPSA) is 49.3 Å². The second-order valence-corrected chi connectivity index (χ2v) is 6.85. The molecule has 0 spiro atoms. The highest BCUT2D eigenvalue weighted by Gasteiger charge is 2.46. The minimum atomic E-state index is 0.409. The predicted octanol–water partition coefficient (Wildman–Crippen LogP) is 2.22. The molecule has 0 aliphatic heterocycles. The van der Waals surface area contributed by atoms with Crippen molar-refractivity contribution in [1.29, 1.82) is 0 Å². The number of hydrogen-bond acceptors (Lipinski definition) is 3. The van der Waals surface area contributed by atoms with Crippen LogP contribution in [0.25, 0.3) is 0 Å². The second kappa shape index (κ2) is 4.88. The van der Waals surface area contributed by atoms with Crippen LogP contribution in [0.15, 0.2) is 4.99 Å². The van der Waals surface area contributed by atoms with Crippen molar-refractivity contribution in [3.63, 3.8) is 0 Å². The van der Waals surface area contributed by atoms with E-state index in [1.807, 2.05) is 7.05 Å². The van der Waals surface area contributed by atoms with Crippen molar-refractivity contribution in [2.45, 2.75) is 46.7 Å². The average molecular weight is 266 g/mol. The largest absolute Gasteiger partial charge is 0.353 e. The summed E-state index contributed by atoms with van der Waals surface area (Å²) in [7, 11) is 1.81. The first-order chi connectivity index (χ1) is 8.42. The van der Waals surface area contributed by atoms with E-state index in [9.17, 15) is 0 Å². The Morgan fingerprint density at radius 2 is 2.17 bits per heavy atom. The number of guanidine groups is 1. The molecule has 0 aromatic carbocycles. The summed E-state index contributed by atoms with van der Waals surface area (Å²) < 4.78 is 0. The predicted molar refractivity (Wildman–Crippen MR) is 77.1 cm³/mol. The minimum Gasteiger partial charge on any atom is -0.353 e. The highest BCUT2D eigenvalue weighted by atomic mass is 32.1. The number of thiazole rings is 1. The van der Waals surface area contributed by atoms with Gasteiger partial charge in [0.2, 0.25) is 0 Å². The number of nitrogens with one attached hydrogen (secondary N) is 2. The minimum absolute atomic E-state index is 0.409. The fraction of sp³-hybridized carbons (Fsp3) is 0.692. The fourth-order valence-electron chi connectivity index (χ4n) is 1.85. The van der Waals surface area contributed by atoms with Gasteiger partial charge in [0.05, 0.1) is 12.2 Å². The van der Waals surface area contributed by atoms with Gasteiger partial charge in [0.25, 0.3) is 0 Å². The van der Waals surface area contributed by atoms with Crippen molar-refractivity contribution in [1.82, 2.24) is 15.6 Å². The first-order valence-electron chi connectivity index (χ1n) is 6.32. The molecule has 100 valence electrons. The molecule has 0 bridgehead atoms. The molecule has 1 saturated carbocycles. The first kappa shape index (κ1) is 13.3. The van der Waals surface area contributed by atoms with Gasteiger partial charge in [-0.05, 0) is 25.7 Å². The van der Waals surface area contributed by atoms with Crippen LogP contribution in [-0.2, 0) is 6.54 Å². The van der Waals surface area contributed by atoms with Crippen LogP contribution in [0, 0.1) is 19.3 Å². The third kappa shape index (κ3) is 3.02. The molecule has 18 heavy (non-hydrogen) atoms. The molecule has 2 N–H and O–H groups in total. The summed E-state index contributed by atoms with van der Waals surface area (Å²) in [6.07, 6.45) is 1.21. The van der Waals surface area contributed by atoms with Crippen LogP contribution in [0.5, 0.6) is 0 Å². The molecule has 1 fully saturated rings. The standard InChI is InChI=1S/C13H22N4S/c1-8-9(2)18-11(16-8)7-15-12(14-5)17-10-6-13(10,3)4/h10H,6-7H2,1-5H3,(H2,14,15,17). The molecule has 1 aliphatic carbocycles. The van der Waals surface area contributed by atoms with E-state index in [-0.39, 0.29) is 0 Å². The zero-order valence-corrected chi connectivity index (χ0v) is 12.6. The van der Waals surface area contributed by atoms with Gasteiger partial charge in [-0.1, -0.05) is 13.8 Å². The smallest absolute Gasteiger partial charge is 0.191 e. The Morgan fingerprint density at radius 3 is 2.61 bits per heavy atom. The molecule has 0 radical (unpaired) electrons. The number of rotatable bonds is 3. The zero-order chi connectivity index (χ0) is 13.3. The summed E-state index contributed by atoms with van der Waals surface area (Å²) >= 11 is 1.74. The van der Waals surface area contributed by atoms with E-state index in [4.69, 9.17) is 0 Å². The maximum atomic E-state index is 4.51. The Kier molecular flexibility index (Phi) is 3.61. The maximum absolute atomic E-state index is 4.51. The Labute approximate surface area is 113 Å². The van der Waals surface area contributed by atoms with Crippen molar-refractivity contribution < 1.29 is 0 Å². The molecular formula is C13H22N4S. The van der Waals surface area contributed by atoms with Gasteiger partial charge in [0.1, 0.15) is 5.01 Å². The van der Waals surface area contributed by atoms with Gasteiger partial charge in [-0.3, -0.25) is 4.99 Å². The van der Waals surface area contributed by atoms with E-state index in [0.717, 1.165) is 23.2 Å². The monoisotopic (exact) mass is 266 g/mol. The van der Waals surface area contributed by atoms with Crippen LogP contribution in [-0.4, -0.2) is 24.0 Å². The third-order valence-corrected chi connectivity index (χ3v) is 4.60. The summed E-state index contributed by atoms with van der Waals surface area (Å²) in [5, 5.41) is 7.87. The lowest BCUT2D eigenvalue weighted by Crippen LogP contribution is -2.39. The Balaban J connectivity index is 1.84. The van der Waals surface area contributed by atoms with E-state index in [1.165, 1.54) is 11.3 Å². The summed E-state index contributed by atoms with van der Waals surface area (Å²) in [6, 6.07) is 0.545. The summed E-state index contributed by atoms with van der Waals surface area (Å²) in [4.78, 5) is 10.1. The molecule has 1 atom stereocenters. The van der Waals surface area contributed by atoms with Gasteiger partial charge in [-0.25, -0.2) is 4.98 Å². The maximum Gasteiger partial charge on any atom is 0.191 e. The third-order valence-electron chi connectivity index (χ3n) is 3.53. The summed E-state index contributed by atoms with van der Waals surface area (Å²) in [6.45, 7) is 9.44. The molecule has 1 aromatic rings. The van der Waals surface area contributed by atoms with Gasteiger partial charge in [-0.2, -0.15) is 0 Å². The molecule has 1 aromatic heterocycles. The quantitative estimate of drug-likeness (QED) is 0.651. The van der Waals surface area contributed by atoms with Crippen molar-refractivity contribution in [2.24, 2.45) is 10.4 Å². The van der Waals surface area contributed by atoms with Gasteiger partial charge in [-0.15, -0.1) is 11.3 Å². The normalized spacial score (nSPS) is 21.8. The lowest BCUT2D eigenvalue weighted by molar-refractivity contribution is 0.589. The van der Waals surface area contributed by atoms with Crippen molar-refractivity contribution in [2.75, 3.05) is 7.05 Å². The van der Waals surface area contributed by atoms with E-state index >= 15 is 0 Å². The number of hydrogen-bond donors (Lipinski definition) is 2. The molecule has 1 heterocycles. The van der Waals surface area contributed by atoms with Gasteiger partial charge in [0, 0.05) is 18.0 Å². The van der Waals surface area contributed by atoms with Crippen LogP contribution in [0.3, 0.4) is 0 Å². The average Bonchev–Trinajstić information content (AvgIpc) is 2.76. The van der Waals surface area contributed by atoms with Crippen molar-refractivity contribution in [3.05, 3.63) is 15.6 Å². The number of aryl methyl sites for hydroxylation is 2. The van der Waals surface area contributed by atoms with Crippen LogP contribution < -0.4 is 10.6 Å². The van der Waals surface area contributed by atoms with Crippen molar-refractivity contribution in [3.8, 4) is 0 Å². The van der Waals surface area contributed by atoms with Crippen LogP contribution >= 0.6 is 11.3 Å². The second-order valence-electron chi connectivity index (χ2n) is 5.56. The molecule has 2 rings (SSSR count). The Morgan fingerprint density at radius 1 is 1.50 bits per heavy atom. The number of aromatic nitrogens is 1. The Hall–Kier alpha value is -1.10. The highest BCUT2D eigenvalue weighted by molar-refractivity contribution is 7.11. The summed E-state index contributed by atoms with van der Waals surface area (Å²) in [5.74, 6) is 0.871. The SMILES string of the molecule is CN=C(NCc1nc(C)c(C)s1)NC1CC1(C)C. The van der Waals surface area contributed by atoms with E-state index in [0.29, 0.717) is 11.5 Å². The lowest BCUT2D eigenvalue weighted by atomic mass is 10.2. The Bertz CT molecular complexity index is 442. The molecule has 0 amide bonds. The molecule has 1 unspecified atom stereocenters. The van der Waals surface area contributed by atoms with E-state index in [2.05, 4.69) is 48.3 Å². The first-order valence-corrected chi connectivity index (χ1v) is 7.14. The molecular weight excluding hydrogens is 244 g/mol. The van der Waals surface area contributed by atoms with Crippen LogP contribution in [0.4, 0.5) is 0 Å². The van der Waals surface area contributed by atoms with Crippen LogP contribution in [0.2, 0.25) is 0 Å². The molecule has 0 saturated heterocycles. The fourth-order valence-corrected chi connectivity index (χ4v) is 2.72. The van der Waals surface area contributed by atoms with E-state index < -0.39 is 0 Å². The van der Waals surface area contributed by atoms with Gasteiger partial charge < -0.3 is 10.6 Å². The number of nitrogens with zero attached hydrogens (tertiary/aromatic N) is 2. The van der Waals surface area contributed by atoms with Gasteiger partial charge in [0.15, 0.2) is 5.96 Å². The lowest BCUT2D eigenvalue weighted by Gasteiger charge is -2.12. The van der Waals surface area contributed by atoms with Crippen LogP contribution in [0.1, 0.15) is 35.8 Å². The highest BCUT2D eigenvalue weighted by Crippen LogP contribution is 2.44. The molecule has 4 nitrogen and oxygen atoms in total.